The van der Waals surface area contributed by atoms with Gasteiger partial charge in [-0.1, -0.05) is 7.92 Å². The highest BCUT2D eigenvalue weighted by molar-refractivity contribution is 9.10. The molecule has 0 bridgehead atoms. The van der Waals surface area contributed by atoms with Crippen molar-refractivity contribution in [3.8, 4) is 11.1 Å². The highest BCUT2D eigenvalue weighted by Crippen LogP contribution is 2.35. The standard InChI is InChI=1S/C27H28BrN10O2P/c1-37-15-16(13-32-37)17-12-21(26(39)36-25(17)38-8-10-40-11-9-38)34-27-31-14-18(28)24(35-27)33-20-5-4-19-22(23(20)41(2)3)30-7-6-29-19/h4-7,12-15H,8-11H2,1-3H3,(H,36,39)(H2,31,33,34,35). The summed E-state index contributed by atoms with van der Waals surface area (Å²) in [5.74, 6) is 1.56. The Hall–Kier alpha value is -3.93. The van der Waals surface area contributed by atoms with Gasteiger partial charge in [0.25, 0.3) is 5.56 Å². The van der Waals surface area contributed by atoms with Gasteiger partial charge in [-0.15, -0.1) is 0 Å². The maximum absolute atomic E-state index is 13.3. The molecule has 1 saturated heterocycles. The number of anilines is 5. The van der Waals surface area contributed by atoms with Crippen LogP contribution >= 0.6 is 23.9 Å². The Labute approximate surface area is 245 Å². The van der Waals surface area contributed by atoms with E-state index in [0.717, 1.165) is 39.0 Å². The summed E-state index contributed by atoms with van der Waals surface area (Å²) in [6, 6.07) is 5.75. The fraction of sp³-hybridized carbons (Fsp3) is 0.259. The van der Waals surface area contributed by atoms with Crippen molar-refractivity contribution in [2.24, 2.45) is 7.05 Å². The molecule has 0 unspecified atom stereocenters. The molecule has 5 heterocycles. The van der Waals surface area contributed by atoms with Gasteiger partial charge in [0.2, 0.25) is 5.95 Å². The average molecular weight is 635 g/mol. The van der Waals surface area contributed by atoms with Crippen LogP contribution in [0.3, 0.4) is 0 Å². The first-order valence-corrected chi connectivity index (χ1v) is 16.0. The van der Waals surface area contributed by atoms with E-state index in [1.54, 1.807) is 29.5 Å². The monoisotopic (exact) mass is 634 g/mol. The minimum absolute atomic E-state index is 0.273. The van der Waals surface area contributed by atoms with Crippen LogP contribution in [-0.4, -0.2) is 74.3 Å². The number of hydrogen-bond acceptors (Lipinski definition) is 10. The summed E-state index contributed by atoms with van der Waals surface area (Å²) in [5, 5.41) is 12.0. The topological polar surface area (TPSA) is 139 Å². The van der Waals surface area contributed by atoms with Crippen LogP contribution in [0.25, 0.3) is 22.2 Å². The van der Waals surface area contributed by atoms with Crippen LogP contribution in [0.5, 0.6) is 0 Å². The zero-order valence-corrected chi connectivity index (χ0v) is 25.2. The van der Waals surface area contributed by atoms with Gasteiger partial charge in [-0.2, -0.15) is 10.1 Å². The van der Waals surface area contributed by atoms with Gasteiger partial charge in [0.05, 0.1) is 34.9 Å². The van der Waals surface area contributed by atoms with Gasteiger partial charge in [-0.3, -0.25) is 19.4 Å². The molecule has 6 rings (SSSR count). The number of rotatable bonds is 7. The van der Waals surface area contributed by atoms with E-state index < -0.39 is 7.92 Å². The van der Waals surface area contributed by atoms with Crippen LogP contribution in [-0.2, 0) is 11.8 Å². The molecule has 1 fully saturated rings. The van der Waals surface area contributed by atoms with E-state index in [1.807, 2.05) is 31.4 Å². The highest BCUT2D eigenvalue weighted by atomic mass is 79.9. The molecule has 5 aromatic rings. The molecule has 1 aromatic carbocycles. The van der Waals surface area contributed by atoms with Crippen molar-refractivity contribution < 1.29 is 4.74 Å². The number of morpholine rings is 1. The first-order chi connectivity index (χ1) is 19.9. The van der Waals surface area contributed by atoms with E-state index in [4.69, 9.17) is 9.72 Å². The van der Waals surface area contributed by atoms with Crippen molar-refractivity contribution in [3.05, 3.63) is 64.0 Å². The number of benzene rings is 1. The normalized spacial score (nSPS) is 13.6. The van der Waals surface area contributed by atoms with Crippen molar-refractivity contribution >= 4 is 69.1 Å². The summed E-state index contributed by atoms with van der Waals surface area (Å²) in [6.45, 7) is 6.92. The lowest BCUT2D eigenvalue weighted by atomic mass is 10.1. The number of nitrogens with zero attached hydrogens (tertiary/aromatic N) is 7. The third-order valence-corrected chi connectivity index (χ3v) is 8.60. The third-order valence-electron chi connectivity index (χ3n) is 6.67. The van der Waals surface area contributed by atoms with E-state index in [0.29, 0.717) is 42.3 Å². The zero-order valence-electron chi connectivity index (χ0n) is 22.7. The molecule has 0 spiro atoms. The number of aryl methyl sites for hydroxylation is 1. The molecule has 0 aliphatic carbocycles. The Morgan fingerprint density at radius 2 is 1.85 bits per heavy atom. The van der Waals surface area contributed by atoms with Crippen LogP contribution < -0.4 is 26.4 Å². The van der Waals surface area contributed by atoms with E-state index >= 15 is 0 Å². The van der Waals surface area contributed by atoms with Crippen LogP contribution in [0.1, 0.15) is 0 Å². The maximum Gasteiger partial charge on any atom is 0.273 e. The lowest BCUT2D eigenvalue weighted by Gasteiger charge is -2.30. The van der Waals surface area contributed by atoms with Gasteiger partial charge >= 0.3 is 0 Å². The Bertz CT molecular complexity index is 1780. The van der Waals surface area contributed by atoms with Crippen molar-refractivity contribution in [2.45, 2.75) is 0 Å². The van der Waals surface area contributed by atoms with Crippen molar-refractivity contribution in [1.29, 1.82) is 0 Å². The first-order valence-electron chi connectivity index (χ1n) is 12.9. The van der Waals surface area contributed by atoms with Crippen molar-refractivity contribution in [3.63, 3.8) is 0 Å². The predicted molar refractivity (Wildman–Crippen MR) is 167 cm³/mol. The molecule has 14 heteroatoms. The number of hydrogen-bond donors (Lipinski definition) is 3. The fourth-order valence-electron chi connectivity index (χ4n) is 4.77. The van der Waals surface area contributed by atoms with Crippen LogP contribution in [0, 0.1) is 0 Å². The van der Waals surface area contributed by atoms with Gasteiger partial charge in [0, 0.05) is 67.0 Å². The molecule has 1 aliphatic heterocycles. The summed E-state index contributed by atoms with van der Waals surface area (Å²) < 4.78 is 7.93. The SMILES string of the molecule is Cn1cc(-c2cc(Nc3ncc(Br)c(Nc4ccc5nccnc5c4P(C)C)n3)c(=O)[nH]c2N2CCOCC2)cn1. The Balaban J connectivity index is 1.35. The second-order valence-corrected chi connectivity index (χ2v) is 12.8. The average Bonchev–Trinajstić information content (AvgIpc) is 3.41. The van der Waals surface area contributed by atoms with Gasteiger partial charge in [0.1, 0.15) is 17.3 Å². The Morgan fingerprint density at radius 1 is 1.05 bits per heavy atom. The minimum atomic E-state index is -0.510. The molecule has 0 saturated carbocycles. The number of fused-ring (bicyclic) bond motifs is 1. The number of aromatic amines is 1. The fourth-order valence-corrected chi connectivity index (χ4v) is 6.27. The summed E-state index contributed by atoms with van der Waals surface area (Å²) >= 11 is 3.57. The zero-order chi connectivity index (χ0) is 28.5. The quantitative estimate of drug-likeness (QED) is 0.225. The lowest BCUT2D eigenvalue weighted by Crippen LogP contribution is -2.38. The molecule has 0 atom stereocenters. The van der Waals surface area contributed by atoms with E-state index in [1.165, 1.54) is 0 Å². The molecule has 3 N–H and O–H groups in total. The second-order valence-electron chi connectivity index (χ2n) is 9.70. The lowest BCUT2D eigenvalue weighted by molar-refractivity contribution is 0.122. The van der Waals surface area contributed by atoms with E-state index in [2.05, 4.69) is 69.8 Å². The summed E-state index contributed by atoms with van der Waals surface area (Å²) in [7, 11) is 1.35. The largest absolute Gasteiger partial charge is 0.378 e. The number of aromatic nitrogens is 7. The molecule has 1 aliphatic rings. The number of halogens is 1. The molecule has 12 nitrogen and oxygen atoms in total. The van der Waals surface area contributed by atoms with Gasteiger partial charge in [-0.05, 0) is 47.5 Å². The second kappa shape index (κ2) is 11.5. The minimum Gasteiger partial charge on any atom is -0.378 e. The summed E-state index contributed by atoms with van der Waals surface area (Å²) in [6.07, 6.45) is 8.75. The van der Waals surface area contributed by atoms with Crippen LogP contribution in [0.15, 0.2) is 58.5 Å². The predicted octanol–water partition coefficient (Wildman–Crippen LogP) is 3.96. The number of H-pyrrole nitrogens is 1. The summed E-state index contributed by atoms with van der Waals surface area (Å²) in [4.78, 5) is 36.6. The van der Waals surface area contributed by atoms with Crippen LogP contribution in [0.4, 0.5) is 29.0 Å². The van der Waals surface area contributed by atoms with E-state index in [9.17, 15) is 4.79 Å². The van der Waals surface area contributed by atoms with E-state index in [-0.39, 0.29) is 11.5 Å². The molecule has 0 amide bonds. The first kappa shape index (κ1) is 27.3. The molecule has 41 heavy (non-hydrogen) atoms. The molecular formula is C27H28BrN10O2P. The van der Waals surface area contributed by atoms with Gasteiger partial charge in [-0.25, -0.2) is 4.98 Å². The maximum atomic E-state index is 13.3. The number of nitrogens with one attached hydrogen (secondary N) is 3. The van der Waals surface area contributed by atoms with Crippen molar-refractivity contribution in [1.82, 2.24) is 34.7 Å². The molecule has 0 radical (unpaired) electrons. The molecule has 210 valence electrons. The van der Waals surface area contributed by atoms with Gasteiger partial charge < -0.3 is 25.3 Å². The number of ether oxygens (including phenoxy) is 1. The Kier molecular flexibility index (Phi) is 7.65. The summed E-state index contributed by atoms with van der Waals surface area (Å²) in [5.41, 5.74) is 4.38. The smallest absolute Gasteiger partial charge is 0.273 e. The Morgan fingerprint density at radius 3 is 2.61 bits per heavy atom. The third kappa shape index (κ3) is 5.65. The number of pyridine rings is 1. The molecular weight excluding hydrogens is 607 g/mol. The molecule has 4 aromatic heterocycles. The van der Waals surface area contributed by atoms with Crippen LogP contribution in [0.2, 0.25) is 0 Å². The van der Waals surface area contributed by atoms with Crippen molar-refractivity contribution in [2.75, 3.05) is 55.2 Å². The van der Waals surface area contributed by atoms with Gasteiger partial charge in [0.15, 0.2) is 0 Å². The highest BCUT2D eigenvalue weighted by Gasteiger charge is 2.21.